The number of nitrogens with zero attached hydrogens (tertiary/aromatic N) is 4. The zero-order valence-electron chi connectivity index (χ0n) is 25.1. The number of hydrogen-bond donors (Lipinski definition) is 3. The molecule has 1 aliphatic heterocycles. The van der Waals surface area contributed by atoms with Gasteiger partial charge in [-0.2, -0.15) is 5.10 Å². The number of rotatable bonds is 10. The molecule has 1 saturated heterocycles. The Morgan fingerprint density at radius 3 is 2.51 bits per heavy atom. The molecule has 3 heterocycles. The van der Waals surface area contributed by atoms with Gasteiger partial charge >= 0.3 is 24.0 Å². The summed E-state index contributed by atoms with van der Waals surface area (Å²) in [5.41, 5.74) is 4.19. The van der Waals surface area contributed by atoms with Crippen molar-refractivity contribution in [3.05, 3.63) is 24.2 Å². The molecule has 0 aliphatic carbocycles. The third-order valence-corrected chi connectivity index (χ3v) is 6.61. The predicted molar refractivity (Wildman–Crippen MR) is 150 cm³/mol. The number of aliphatic imine (C=N–C) groups is 1. The Balaban J connectivity index is 2.01. The third kappa shape index (κ3) is 7.44. The van der Waals surface area contributed by atoms with Gasteiger partial charge in [0.25, 0.3) is 0 Å². The minimum Gasteiger partial charge on any atom is -0.463 e. The number of carbonyl (C=O) groups is 4. The SMILES string of the molecule is C/N=C\[C@@]1(c2ccc3c(NC(=O)OCOC(C)=O)ncnn23)O[C@H](COC(=O)C(C)C)[C@@H](OC(=O)[C@@H](N)C(C)(C)C)[C@H]1O. The molecule has 0 bridgehead atoms. The second-order valence-corrected chi connectivity index (χ2v) is 11.2. The molecule has 16 nitrogen and oxygen atoms in total. The van der Waals surface area contributed by atoms with Crippen LogP contribution in [0, 0.1) is 11.3 Å². The average molecular weight is 607 g/mol. The first-order valence-corrected chi connectivity index (χ1v) is 13.4. The van der Waals surface area contributed by atoms with Crippen LogP contribution in [0.5, 0.6) is 0 Å². The van der Waals surface area contributed by atoms with Crippen LogP contribution < -0.4 is 11.1 Å². The van der Waals surface area contributed by atoms with Gasteiger partial charge in [0.1, 0.15) is 36.7 Å². The Hall–Kier alpha value is -4.15. The van der Waals surface area contributed by atoms with Gasteiger partial charge in [0.15, 0.2) is 17.5 Å². The number of carbonyl (C=O) groups excluding carboxylic acids is 4. The van der Waals surface area contributed by atoms with Crippen molar-refractivity contribution in [1.82, 2.24) is 14.6 Å². The number of esters is 3. The van der Waals surface area contributed by atoms with E-state index in [2.05, 4.69) is 25.1 Å². The van der Waals surface area contributed by atoms with Gasteiger partial charge in [0, 0.05) is 20.2 Å². The van der Waals surface area contributed by atoms with Crippen LogP contribution in [0.4, 0.5) is 10.6 Å². The predicted octanol–water partition coefficient (Wildman–Crippen LogP) is 0.938. The third-order valence-electron chi connectivity index (χ3n) is 6.61. The molecule has 0 radical (unpaired) electrons. The highest BCUT2D eigenvalue weighted by Gasteiger charge is 2.59. The Kier molecular flexibility index (Phi) is 10.4. The minimum absolute atomic E-state index is 0.0201. The highest BCUT2D eigenvalue weighted by molar-refractivity contribution is 5.89. The number of nitrogens with one attached hydrogen (secondary N) is 1. The maximum Gasteiger partial charge on any atom is 0.415 e. The van der Waals surface area contributed by atoms with Gasteiger partial charge < -0.3 is 34.5 Å². The summed E-state index contributed by atoms with van der Waals surface area (Å²) in [4.78, 5) is 56.6. The number of ether oxygens (including phenoxy) is 5. The van der Waals surface area contributed by atoms with Gasteiger partial charge in [-0.1, -0.05) is 34.6 Å². The summed E-state index contributed by atoms with van der Waals surface area (Å²) in [7, 11) is 1.46. The Labute approximate surface area is 247 Å². The molecule has 1 amide bonds. The largest absolute Gasteiger partial charge is 0.463 e. The molecule has 2 aromatic rings. The van der Waals surface area contributed by atoms with E-state index in [9.17, 15) is 24.3 Å². The van der Waals surface area contributed by atoms with E-state index in [0.717, 1.165) is 13.3 Å². The number of aliphatic hydroxyl groups is 1. The highest BCUT2D eigenvalue weighted by atomic mass is 16.7. The first-order chi connectivity index (χ1) is 20.1. The molecular formula is C27H38N6O10. The van der Waals surface area contributed by atoms with Gasteiger partial charge in [0.2, 0.25) is 6.79 Å². The molecule has 16 heteroatoms. The lowest BCUT2D eigenvalue weighted by molar-refractivity contribution is -0.164. The van der Waals surface area contributed by atoms with Gasteiger partial charge in [-0.05, 0) is 17.5 Å². The van der Waals surface area contributed by atoms with E-state index < -0.39 is 72.1 Å². The smallest absolute Gasteiger partial charge is 0.415 e. The fourth-order valence-electron chi connectivity index (χ4n) is 4.20. The van der Waals surface area contributed by atoms with E-state index in [4.69, 9.17) is 24.7 Å². The maximum atomic E-state index is 13.0. The number of fused-ring (bicyclic) bond motifs is 1. The van der Waals surface area contributed by atoms with Crippen molar-refractivity contribution in [2.75, 3.05) is 25.8 Å². The molecule has 3 rings (SSSR count). The van der Waals surface area contributed by atoms with Crippen LogP contribution in [-0.4, -0.2) is 94.7 Å². The van der Waals surface area contributed by atoms with Crippen molar-refractivity contribution < 1.29 is 48.0 Å². The quantitative estimate of drug-likeness (QED) is 0.149. The number of aromatic nitrogens is 3. The van der Waals surface area contributed by atoms with Crippen molar-refractivity contribution >= 4 is 41.6 Å². The topological polar surface area (TPSA) is 215 Å². The number of hydrogen-bond acceptors (Lipinski definition) is 14. The maximum absolute atomic E-state index is 13.0. The lowest BCUT2D eigenvalue weighted by Crippen LogP contribution is -2.49. The monoisotopic (exact) mass is 606 g/mol. The fourth-order valence-corrected chi connectivity index (χ4v) is 4.20. The minimum atomic E-state index is -1.77. The molecule has 0 spiro atoms. The Morgan fingerprint density at radius 1 is 1.21 bits per heavy atom. The summed E-state index contributed by atoms with van der Waals surface area (Å²) in [6, 6.07) is 2.05. The summed E-state index contributed by atoms with van der Waals surface area (Å²) in [5, 5.41) is 18.4. The normalized spacial score (nSPS) is 22.9. The Morgan fingerprint density at radius 2 is 1.91 bits per heavy atom. The van der Waals surface area contributed by atoms with Gasteiger partial charge in [-0.25, -0.2) is 14.3 Å². The van der Waals surface area contributed by atoms with Crippen molar-refractivity contribution in [3.63, 3.8) is 0 Å². The molecule has 4 N–H and O–H groups in total. The van der Waals surface area contributed by atoms with Crippen LogP contribution >= 0.6 is 0 Å². The van der Waals surface area contributed by atoms with Crippen LogP contribution in [0.25, 0.3) is 5.52 Å². The zero-order valence-corrected chi connectivity index (χ0v) is 25.1. The first-order valence-electron chi connectivity index (χ1n) is 13.4. The molecule has 1 aliphatic rings. The van der Waals surface area contributed by atoms with Crippen molar-refractivity contribution in [3.8, 4) is 0 Å². The second-order valence-electron chi connectivity index (χ2n) is 11.2. The van der Waals surface area contributed by atoms with Gasteiger partial charge in [-0.15, -0.1) is 0 Å². The summed E-state index contributed by atoms with van der Waals surface area (Å²) in [6.07, 6.45) is -2.54. The number of anilines is 1. The van der Waals surface area contributed by atoms with Crippen LogP contribution in [0.2, 0.25) is 0 Å². The van der Waals surface area contributed by atoms with Gasteiger partial charge in [-0.3, -0.25) is 24.7 Å². The molecule has 0 aromatic carbocycles. The van der Waals surface area contributed by atoms with E-state index >= 15 is 0 Å². The van der Waals surface area contributed by atoms with Crippen molar-refractivity contribution in [2.45, 2.75) is 71.5 Å². The van der Waals surface area contributed by atoms with E-state index in [1.54, 1.807) is 46.8 Å². The van der Waals surface area contributed by atoms with E-state index in [0.29, 0.717) is 0 Å². The van der Waals surface area contributed by atoms with E-state index in [-0.39, 0.29) is 23.6 Å². The standard InChI is InChI=1S/C27H38N6O10/c1-14(2)23(36)39-10-17-19(42-24(37)20(28)26(4,5)6)21(35)27(43-17,11-29-7)18-9-8-16-22(30-12-31-33(16)18)32-25(38)41-13-40-15(3)34/h8-9,11-12,14,17,19-21,35H,10,13,28H2,1-7H3,(H,30,31,32,38)/b29-11-/t17-,19-,20-,21-,27+/m1/s1. The number of nitrogens with two attached hydrogens (primary N) is 1. The molecule has 43 heavy (non-hydrogen) atoms. The van der Waals surface area contributed by atoms with Crippen molar-refractivity contribution in [2.24, 2.45) is 22.1 Å². The summed E-state index contributed by atoms with van der Waals surface area (Å²) >= 11 is 0. The molecule has 236 valence electrons. The molecular weight excluding hydrogens is 568 g/mol. The Bertz CT molecular complexity index is 1370. The highest BCUT2D eigenvalue weighted by Crippen LogP contribution is 2.41. The zero-order chi connectivity index (χ0) is 32.1. The lowest BCUT2D eigenvalue weighted by Gasteiger charge is -2.30. The molecule has 0 unspecified atom stereocenters. The van der Waals surface area contributed by atoms with Crippen LogP contribution in [-0.2, 0) is 43.7 Å². The molecule has 5 atom stereocenters. The summed E-state index contributed by atoms with van der Waals surface area (Å²) in [5.74, 6) is -2.36. The number of amides is 1. The fraction of sp³-hybridized carbons (Fsp3) is 0.593. The summed E-state index contributed by atoms with van der Waals surface area (Å²) in [6.45, 7) is 8.81. The van der Waals surface area contributed by atoms with E-state index in [1.807, 2.05) is 0 Å². The summed E-state index contributed by atoms with van der Waals surface area (Å²) < 4.78 is 28.2. The molecule has 2 aromatic heterocycles. The molecule has 1 fully saturated rings. The van der Waals surface area contributed by atoms with E-state index in [1.165, 1.54) is 17.8 Å². The lowest BCUT2D eigenvalue weighted by atomic mass is 9.87. The molecule has 0 saturated carbocycles. The van der Waals surface area contributed by atoms with Crippen LogP contribution in [0.15, 0.2) is 23.5 Å². The first kappa shape index (κ1) is 33.4. The van der Waals surface area contributed by atoms with Crippen LogP contribution in [0.3, 0.4) is 0 Å². The van der Waals surface area contributed by atoms with Crippen molar-refractivity contribution in [1.29, 1.82) is 0 Å². The average Bonchev–Trinajstić information content (AvgIpc) is 3.47. The van der Waals surface area contributed by atoms with Gasteiger partial charge in [0.05, 0.1) is 11.6 Å². The number of aliphatic hydroxyl groups excluding tert-OH is 1. The second kappa shape index (κ2) is 13.4. The van der Waals surface area contributed by atoms with Crippen LogP contribution in [0.1, 0.15) is 47.2 Å².